The van der Waals surface area contributed by atoms with Crippen LogP contribution in [0.4, 0.5) is 4.79 Å². The number of carbonyl (C=O) groups excluding carboxylic acids is 2. The third-order valence-electron chi connectivity index (χ3n) is 4.42. The number of urea groups is 1. The predicted molar refractivity (Wildman–Crippen MR) is 94.0 cm³/mol. The van der Waals surface area contributed by atoms with Gasteiger partial charge in [0.2, 0.25) is 5.91 Å². The zero-order chi connectivity index (χ0) is 16.9. The Hall–Kier alpha value is -2.02. The number of imidazole rings is 1. The number of rotatable bonds is 4. The molecule has 1 aliphatic carbocycles. The fourth-order valence-corrected chi connectivity index (χ4v) is 3.82. The molecule has 0 bridgehead atoms. The van der Waals surface area contributed by atoms with Crippen LogP contribution in [0.15, 0.2) is 35.7 Å². The van der Waals surface area contributed by atoms with Gasteiger partial charge in [0, 0.05) is 12.2 Å². The first-order valence-corrected chi connectivity index (χ1v) is 9.27. The van der Waals surface area contributed by atoms with E-state index < -0.39 is 6.03 Å². The minimum Gasteiger partial charge on any atom is -0.335 e. The lowest BCUT2D eigenvalue weighted by Gasteiger charge is -2.29. The van der Waals surface area contributed by atoms with Gasteiger partial charge in [0.1, 0.15) is 0 Å². The van der Waals surface area contributed by atoms with Gasteiger partial charge in [-0.25, -0.2) is 9.78 Å². The van der Waals surface area contributed by atoms with Crippen molar-refractivity contribution < 1.29 is 9.59 Å². The van der Waals surface area contributed by atoms with Crippen molar-refractivity contribution in [2.24, 2.45) is 5.92 Å². The van der Waals surface area contributed by atoms with Crippen LogP contribution in [0.3, 0.4) is 0 Å². The Kier molecular flexibility index (Phi) is 5.40. The van der Waals surface area contributed by atoms with Crippen LogP contribution in [-0.2, 0) is 4.79 Å². The van der Waals surface area contributed by atoms with Crippen LogP contribution in [0.5, 0.6) is 0 Å². The molecule has 24 heavy (non-hydrogen) atoms. The van der Waals surface area contributed by atoms with Crippen LogP contribution < -0.4 is 10.6 Å². The molecule has 2 aromatic heterocycles. The summed E-state index contributed by atoms with van der Waals surface area (Å²) in [6.07, 6.45) is 8.12. The number of carbonyl (C=O) groups is 2. The van der Waals surface area contributed by atoms with E-state index >= 15 is 0 Å². The van der Waals surface area contributed by atoms with Gasteiger partial charge in [-0.3, -0.25) is 14.5 Å². The Bertz CT molecular complexity index is 730. The Morgan fingerprint density at radius 3 is 3.00 bits per heavy atom. The lowest BCUT2D eigenvalue weighted by Crippen LogP contribution is -2.48. The molecule has 0 aromatic carbocycles. The lowest BCUT2D eigenvalue weighted by molar-refractivity contribution is -0.117. The van der Waals surface area contributed by atoms with Crippen molar-refractivity contribution in [2.75, 3.05) is 5.75 Å². The standard InChI is InChI=1S/C17H22N4O2S/c1-12-6-2-3-8-14(12)19-16(23)20-15(22)11-24-17-18-10-13-7-4-5-9-21(13)17/h4-5,7,9-10,12,14H,2-3,6,8,11H2,1H3,(H2,19,20,22,23). The fraction of sp³-hybridized carbons (Fsp3) is 0.471. The number of aromatic nitrogens is 2. The highest BCUT2D eigenvalue weighted by atomic mass is 32.2. The van der Waals surface area contributed by atoms with E-state index in [-0.39, 0.29) is 17.7 Å². The molecule has 2 N–H and O–H groups in total. The van der Waals surface area contributed by atoms with Gasteiger partial charge in [0.25, 0.3) is 0 Å². The molecular formula is C17H22N4O2S. The van der Waals surface area contributed by atoms with Crippen molar-refractivity contribution in [3.63, 3.8) is 0 Å². The summed E-state index contributed by atoms with van der Waals surface area (Å²) in [5, 5.41) is 6.07. The number of thioether (sulfide) groups is 1. The molecular weight excluding hydrogens is 324 g/mol. The van der Waals surface area contributed by atoms with Crippen LogP contribution in [-0.4, -0.2) is 33.1 Å². The van der Waals surface area contributed by atoms with E-state index in [1.807, 2.05) is 28.8 Å². The SMILES string of the molecule is CC1CCCCC1NC(=O)NC(=O)CSc1ncc2ccccn12. The third-order valence-corrected chi connectivity index (χ3v) is 5.38. The topological polar surface area (TPSA) is 75.5 Å². The highest BCUT2D eigenvalue weighted by Gasteiger charge is 2.23. The number of pyridine rings is 1. The molecule has 7 heteroatoms. The van der Waals surface area contributed by atoms with Crippen LogP contribution >= 0.6 is 11.8 Å². The molecule has 3 amide bonds. The molecule has 2 atom stereocenters. The van der Waals surface area contributed by atoms with Crippen molar-refractivity contribution in [2.45, 2.75) is 43.8 Å². The van der Waals surface area contributed by atoms with Gasteiger partial charge in [0.05, 0.1) is 17.5 Å². The maximum atomic E-state index is 12.0. The molecule has 2 heterocycles. The molecule has 6 nitrogen and oxygen atoms in total. The summed E-state index contributed by atoms with van der Waals surface area (Å²) in [4.78, 5) is 28.2. The Morgan fingerprint density at radius 1 is 1.33 bits per heavy atom. The molecule has 2 unspecified atom stereocenters. The number of nitrogens with one attached hydrogen (secondary N) is 2. The van der Waals surface area contributed by atoms with E-state index in [0.717, 1.165) is 29.9 Å². The first-order chi connectivity index (χ1) is 11.6. The average Bonchev–Trinajstić information content (AvgIpc) is 2.98. The van der Waals surface area contributed by atoms with E-state index in [4.69, 9.17) is 0 Å². The van der Waals surface area contributed by atoms with E-state index in [0.29, 0.717) is 5.92 Å². The second-order valence-electron chi connectivity index (χ2n) is 6.21. The number of fused-ring (bicyclic) bond motifs is 1. The molecule has 2 aromatic rings. The van der Waals surface area contributed by atoms with Crippen molar-refractivity contribution in [3.05, 3.63) is 30.6 Å². The average molecular weight is 346 g/mol. The monoisotopic (exact) mass is 346 g/mol. The van der Waals surface area contributed by atoms with Crippen LogP contribution in [0.2, 0.25) is 0 Å². The van der Waals surface area contributed by atoms with Gasteiger partial charge in [-0.05, 0) is 30.9 Å². The van der Waals surface area contributed by atoms with Crippen LogP contribution in [0.1, 0.15) is 32.6 Å². The zero-order valence-corrected chi connectivity index (χ0v) is 14.5. The number of amides is 3. The summed E-state index contributed by atoms with van der Waals surface area (Å²) in [5.41, 5.74) is 0.976. The molecule has 1 aliphatic rings. The molecule has 1 saturated carbocycles. The number of hydrogen-bond acceptors (Lipinski definition) is 4. The van der Waals surface area contributed by atoms with Gasteiger partial charge in [-0.15, -0.1) is 0 Å². The first-order valence-electron chi connectivity index (χ1n) is 8.29. The van der Waals surface area contributed by atoms with Crippen molar-refractivity contribution in [1.29, 1.82) is 0 Å². The molecule has 0 radical (unpaired) electrons. The highest BCUT2D eigenvalue weighted by molar-refractivity contribution is 7.99. The van der Waals surface area contributed by atoms with E-state index in [1.165, 1.54) is 18.2 Å². The Labute approximate surface area is 145 Å². The zero-order valence-electron chi connectivity index (χ0n) is 13.7. The molecule has 0 aliphatic heterocycles. The van der Waals surface area contributed by atoms with E-state index in [1.54, 1.807) is 6.20 Å². The fourth-order valence-electron chi connectivity index (χ4n) is 3.05. The van der Waals surface area contributed by atoms with Crippen LogP contribution in [0, 0.1) is 5.92 Å². The number of imide groups is 1. The quantitative estimate of drug-likeness (QED) is 0.835. The second kappa shape index (κ2) is 7.70. The summed E-state index contributed by atoms with van der Waals surface area (Å²) >= 11 is 1.31. The van der Waals surface area contributed by atoms with Crippen molar-refractivity contribution >= 4 is 29.2 Å². The molecule has 0 spiro atoms. The van der Waals surface area contributed by atoms with Gasteiger partial charge >= 0.3 is 6.03 Å². The maximum absolute atomic E-state index is 12.0. The van der Waals surface area contributed by atoms with Gasteiger partial charge in [0.15, 0.2) is 5.16 Å². The summed E-state index contributed by atoms with van der Waals surface area (Å²) < 4.78 is 1.92. The summed E-state index contributed by atoms with van der Waals surface area (Å²) in [5.74, 6) is 0.306. The van der Waals surface area contributed by atoms with Gasteiger partial charge < -0.3 is 5.32 Å². The highest BCUT2D eigenvalue weighted by Crippen LogP contribution is 2.23. The predicted octanol–water partition coefficient (Wildman–Crippen LogP) is 2.83. The largest absolute Gasteiger partial charge is 0.335 e. The van der Waals surface area contributed by atoms with E-state index in [2.05, 4.69) is 22.5 Å². The van der Waals surface area contributed by atoms with Crippen LogP contribution in [0.25, 0.3) is 5.52 Å². The minimum absolute atomic E-state index is 0.154. The second-order valence-corrected chi connectivity index (χ2v) is 7.16. The van der Waals surface area contributed by atoms with Crippen molar-refractivity contribution in [3.8, 4) is 0 Å². The maximum Gasteiger partial charge on any atom is 0.321 e. The van der Waals surface area contributed by atoms with Gasteiger partial charge in [-0.2, -0.15) is 0 Å². The Morgan fingerprint density at radius 2 is 2.17 bits per heavy atom. The molecule has 0 saturated heterocycles. The molecule has 1 fully saturated rings. The summed E-state index contributed by atoms with van der Waals surface area (Å²) in [6, 6.07) is 5.57. The summed E-state index contributed by atoms with van der Waals surface area (Å²) in [7, 11) is 0. The first kappa shape index (κ1) is 16.8. The van der Waals surface area contributed by atoms with E-state index in [9.17, 15) is 9.59 Å². The summed E-state index contributed by atoms with van der Waals surface area (Å²) in [6.45, 7) is 2.14. The number of nitrogens with zero attached hydrogens (tertiary/aromatic N) is 2. The van der Waals surface area contributed by atoms with Gasteiger partial charge in [-0.1, -0.05) is 37.6 Å². The smallest absolute Gasteiger partial charge is 0.321 e. The minimum atomic E-state index is -0.396. The number of hydrogen-bond donors (Lipinski definition) is 2. The normalized spacial score (nSPS) is 20.7. The lowest BCUT2D eigenvalue weighted by atomic mass is 9.86. The van der Waals surface area contributed by atoms with Crippen molar-refractivity contribution in [1.82, 2.24) is 20.0 Å². The molecule has 128 valence electrons. The Balaban J connectivity index is 1.47. The third kappa shape index (κ3) is 4.08. The molecule has 3 rings (SSSR count).